The highest BCUT2D eigenvalue weighted by Gasteiger charge is 2.16. The van der Waals surface area contributed by atoms with Crippen LogP contribution in [0, 0.1) is 13.8 Å². The van der Waals surface area contributed by atoms with E-state index in [1.807, 2.05) is 26.1 Å². The van der Waals surface area contributed by atoms with Crippen LogP contribution in [0.3, 0.4) is 0 Å². The van der Waals surface area contributed by atoms with Crippen LogP contribution in [0.4, 0.5) is 0 Å². The lowest BCUT2D eigenvalue weighted by atomic mass is 10.1. The molecular formula is C16H25N5. The number of nitrogens with one attached hydrogen (secondary N) is 1. The third-order valence-electron chi connectivity index (χ3n) is 3.49. The van der Waals surface area contributed by atoms with Gasteiger partial charge < -0.3 is 5.32 Å². The smallest absolute Gasteiger partial charge is 0.125 e. The third-order valence-corrected chi connectivity index (χ3v) is 3.49. The minimum Gasteiger partial charge on any atom is -0.308 e. The molecule has 114 valence electrons. The van der Waals surface area contributed by atoms with Gasteiger partial charge in [-0.05, 0) is 45.9 Å². The van der Waals surface area contributed by atoms with Gasteiger partial charge in [-0.15, -0.1) is 0 Å². The average Bonchev–Trinajstić information content (AvgIpc) is 2.83. The van der Waals surface area contributed by atoms with Crippen LogP contribution >= 0.6 is 0 Å². The predicted octanol–water partition coefficient (Wildman–Crippen LogP) is 2.59. The van der Waals surface area contributed by atoms with Crippen LogP contribution in [-0.2, 0) is 13.0 Å². The zero-order valence-corrected chi connectivity index (χ0v) is 13.4. The molecule has 21 heavy (non-hydrogen) atoms. The largest absolute Gasteiger partial charge is 0.308 e. The molecule has 0 radical (unpaired) electrons. The Kier molecular flexibility index (Phi) is 5.44. The minimum atomic E-state index is 0.202. The summed E-state index contributed by atoms with van der Waals surface area (Å²) >= 11 is 0. The Bertz CT molecular complexity index is 576. The Morgan fingerprint density at radius 2 is 2.10 bits per heavy atom. The first-order valence-corrected chi connectivity index (χ1v) is 7.70. The standard InChI is InChI=1S/C16H25N5/c1-5-8-18-16(15-7-9-17-13(4)19-15)11-14-10-12(3)20-21(14)6-2/h7,9-10,16,18H,5-6,8,11H2,1-4H3. The fourth-order valence-corrected chi connectivity index (χ4v) is 2.51. The molecule has 2 aromatic heterocycles. The summed E-state index contributed by atoms with van der Waals surface area (Å²) in [5.41, 5.74) is 3.37. The van der Waals surface area contributed by atoms with E-state index in [2.05, 4.69) is 45.0 Å². The van der Waals surface area contributed by atoms with Gasteiger partial charge in [0.05, 0.1) is 17.4 Å². The zero-order valence-electron chi connectivity index (χ0n) is 13.4. The molecule has 2 heterocycles. The molecule has 0 aliphatic carbocycles. The Morgan fingerprint density at radius 3 is 2.76 bits per heavy atom. The monoisotopic (exact) mass is 287 g/mol. The first kappa shape index (κ1) is 15.6. The van der Waals surface area contributed by atoms with Gasteiger partial charge in [-0.3, -0.25) is 4.68 Å². The summed E-state index contributed by atoms with van der Waals surface area (Å²) in [5, 5.41) is 8.12. The predicted molar refractivity (Wildman–Crippen MR) is 84.1 cm³/mol. The SMILES string of the molecule is CCCNC(Cc1cc(C)nn1CC)c1ccnc(C)n1. The molecule has 5 heteroatoms. The van der Waals surface area contributed by atoms with Gasteiger partial charge in [0.15, 0.2) is 0 Å². The first-order chi connectivity index (χ1) is 10.1. The quantitative estimate of drug-likeness (QED) is 0.850. The number of nitrogens with zero attached hydrogens (tertiary/aromatic N) is 4. The van der Waals surface area contributed by atoms with Crippen molar-refractivity contribution in [3.63, 3.8) is 0 Å². The molecular weight excluding hydrogens is 262 g/mol. The van der Waals surface area contributed by atoms with E-state index >= 15 is 0 Å². The third kappa shape index (κ3) is 4.11. The van der Waals surface area contributed by atoms with Crippen LogP contribution in [0.2, 0.25) is 0 Å². The summed E-state index contributed by atoms with van der Waals surface area (Å²) < 4.78 is 2.07. The molecule has 0 saturated heterocycles. The van der Waals surface area contributed by atoms with E-state index in [-0.39, 0.29) is 6.04 Å². The van der Waals surface area contributed by atoms with Crippen molar-refractivity contribution >= 4 is 0 Å². The van der Waals surface area contributed by atoms with E-state index in [0.717, 1.165) is 43.1 Å². The molecule has 0 bridgehead atoms. The minimum absolute atomic E-state index is 0.202. The second-order valence-corrected chi connectivity index (χ2v) is 5.33. The number of aryl methyl sites for hydroxylation is 3. The van der Waals surface area contributed by atoms with Crippen molar-refractivity contribution in [2.75, 3.05) is 6.54 Å². The summed E-state index contributed by atoms with van der Waals surface area (Å²) in [6.07, 6.45) is 3.83. The van der Waals surface area contributed by atoms with E-state index in [0.29, 0.717) is 0 Å². The van der Waals surface area contributed by atoms with Gasteiger partial charge in [-0.25, -0.2) is 9.97 Å². The molecule has 2 rings (SSSR count). The molecule has 0 fully saturated rings. The topological polar surface area (TPSA) is 55.6 Å². The Labute approximate surface area is 126 Å². The molecule has 5 nitrogen and oxygen atoms in total. The fraction of sp³-hybridized carbons (Fsp3) is 0.562. The van der Waals surface area contributed by atoms with Gasteiger partial charge in [-0.1, -0.05) is 6.92 Å². The van der Waals surface area contributed by atoms with Crippen LogP contribution in [0.1, 0.15) is 49.2 Å². The first-order valence-electron chi connectivity index (χ1n) is 7.70. The van der Waals surface area contributed by atoms with Crippen molar-refractivity contribution in [1.82, 2.24) is 25.1 Å². The van der Waals surface area contributed by atoms with E-state index < -0.39 is 0 Å². The Morgan fingerprint density at radius 1 is 1.29 bits per heavy atom. The van der Waals surface area contributed by atoms with Crippen LogP contribution in [0.25, 0.3) is 0 Å². The number of aromatic nitrogens is 4. The van der Waals surface area contributed by atoms with Gasteiger partial charge in [0.2, 0.25) is 0 Å². The van der Waals surface area contributed by atoms with Crippen molar-refractivity contribution in [3.8, 4) is 0 Å². The highest BCUT2D eigenvalue weighted by atomic mass is 15.3. The second kappa shape index (κ2) is 7.31. The summed E-state index contributed by atoms with van der Waals surface area (Å²) in [7, 11) is 0. The normalized spacial score (nSPS) is 12.6. The summed E-state index contributed by atoms with van der Waals surface area (Å²) in [6.45, 7) is 10.1. The fourth-order valence-electron chi connectivity index (χ4n) is 2.51. The maximum absolute atomic E-state index is 4.58. The Balaban J connectivity index is 2.23. The Hall–Kier alpha value is -1.75. The molecule has 0 aromatic carbocycles. The van der Waals surface area contributed by atoms with Crippen molar-refractivity contribution in [3.05, 3.63) is 41.2 Å². The molecule has 1 N–H and O–H groups in total. The molecule has 0 saturated carbocycles. The lowest BCUT2D eigenvalue weighted by molar-refractivity contribution is 0.492. The zero-order chi connectivity index (χ0) is 15.2. The van der Waals surface area contributed by atoms with Crippen LogP contribution < -0.4 is 5.32 Å². The van der Waals surface area contributed by atoms with Gasteiger partial charge in [0, 0.05) is 24.9 Å². The number of hydrogen-bond donors (Lipinski definition) is 1. The summed E-state index contributed by atoms with van der Waals surface area (Å²) in [5.74, 6) is 0.816. The van der Waals surface area contributed by atoms with Crippen LogP contribution in [0.5, 0.6) is 0 Å². The van der Waals surface area contributed by atoms with Crippen molar-refractivity contribution in [2.24, 2.45) is 0 Å². The van der Waals surface area contributed by atoms with Crippen molar-refractivity contribution in [1.29, 1.82) is 0 Å². The lowest BCUT2D eigenvalue weighted by Crippen LogP contribution is -2.26. The van der Waals surface area contributed by atoms with Gasteiger partial charge in [-0.2, -0.15) is 5.10 Å². The van der Waals surface area contributed by atoms with Gasteiger partial charge >= 0.3 is 0 Å². The highest BCUT2D eigenvalue weighted by molar-refractivity contribution is 5.15. The molecule has 1 unspecified atom stereocenters. The second-order valence-electron chi connectivity index (χ2n) is 5.33. The molecule has 0 amide bonds. The molecule has 1 atom stereocenters. The van der Waals surface area contributed by atoms with Crippen molar-refractivity contribution in [2.45, 2.75) is 53.1 Å². The molecule has 0 aliphatic rings. The molecule has 0 spiro atoms. The molecule has 0 aliphatic heterocycles. The van der Waals surface area contributed by atoms with E-state index in [9.17, 15) is 0 Å². The maximum atomic E-state index is 4.58. The van der Waals surface area contributed by atoms with Crippen molar-refractivity contribution < 1.29 is 0 Å². The van der Waals surface area contributed by atoms with Crippen LogP contribution in [-0.4, -0.2) is 26.3 Å². The summed E-state index contributed by atoms with van der Waals surface area (Å²) in [6, 6.07) is 4.37. The van der Waals surface area contributed by atoms with E-state index in [1.165, 1.54) is 5.69 Å². The number of rotatable bonds is 7. The average molecular weight is 287 g/mol. The summed E-state index contributed by atoms with van der Waals surface area (Å²) in [4.78, 5) is 8.77. The van der Waals surface area contributed by atoms with Gasteiger partial charge in [0.1, 0.15) is 5.82 Å². The van der Waals surface area contributed by atoms with E-state index in [1.54, 1.807) is 0 Å². The lowest BCUT2D eigenvalue weighted by Gasteiger charge is -2.18. The van der Waals surface area contributed by atoms with Crippen LogP contribution in [0.15, 0.2) is 18.3 Å². The van der Waals surface area contributed by atoms with Gasteiger partial charge in [0.25, 0.3) is 0 Å². The molecule has 2 aromatic rings. The maximum Gasteiger partial charge on any atom is 0.125 e. The van der Waals surface area contributed by atoms with E-state index in [4.69, 9.17) is 0 Å². The highest BCUT2D eigenvalue weighted by Crippen LogP contribution is 2.17. The number of hydrogen-bond acceptors (Lipinski definition) is 4.